The second kappa shape index (κ2) is 16.8. The molecule has 152 valence electrons. The number of fused-ring (bicyclic) bond motifs is 1. The van der Waals surface area contributed by atoms with Crippen LogP contribution in [-0.4, -0.2) is 32.0 Å². The van der Waals surface area contributed by atoms with Gasteiger partial charge in [-0.2, -0.15) is 0 Å². The first-order valence-corrected chi connectivity index (χ1v) is 14.8. The van der Waals surface area contributed by atoms with Gasteiger partial charge < -0.3 is 55.2 Å². The maximum absolute atomic E-state index is 12.1. The van der Waals surface area contributed by atoms with E-state index in [1.807, 2.05) is 0 Å². The van der Waals surface area contributed by atoms with Gasteiger partial charge >= 0.3 is 118 Å². The van der Waals surface area contributed by atoms with Gasteiger partial charge in [0.2, 0.25) is 0 Å². The predicted molar refractivity (Wildman–Crippen MR) is 101 cm³/mol. The molecule has 2 N–H and O–H groups in total. The molecule has 3 atom stereocenters. The number of nitrogen functional groups attached to an aromatic ring is 1. The van der Waals surface area contributed by atoms with Crippen molar-refractivity contribution in [2.75, 3.05) is 12.1 Å². The molecule has 0 bridgehead atoms. The molecule has 0 aromatic carbocycles. The van der Waals surface area contributed by atoms with Crippen molar-refractivity contribution in [3.05, 3.63) is 12.7 Å². The normalized spacial score (nSPS) is 15.8. The van der Waals surface area contributed by atoms with Gasteiger partial charge in [0.25, 0.3) is 0 Å². The molecule has 2 aromatic heterocycles. The van der Waals surface area contributed by atoms with E-state index >= 15 is 0 Å². The van der Waals surface area contributed by atoms with Crippen molar-refractivity contribution >= 4 is 72.9 Å². The van der Waals surface area contributed by atoms with Crippen LogP contribution in [0.5, 0.6) is 0 Å². The van der Waals surface area contributed by atoms with Crippen LogP contribution in [0.2, 0.25) is 0 Å². The van der Waals surface area contributed by atoms with E-state index in [1.165, 1.54) is 12.7 Å². The Morgan fingerprint density at radius 3 is 2.29 bits per heavy atom. The molecule has 0 radical (unpaired) electrons. The number of aromatic nitrogens is 4. The van der Waals surface area contributed by atoms with Crippen LogP contribution < -0.4 is 139 Å². The van der Waals surface area contributed by atoms with Crippen molar-refractivity contribution in [2.24, 2.45) is 0 Å². The summed E-state index contributed by atoms with van der Waals surface area (Å²) in [5.74, 6) is 0.217. The third-order valence-electron chi connectivity index (χ3n) is 2.82. The van der Waals surface area contributed by atoms with E-state index in [0.29, 0.717) is 11.2 Å². The molecule has 2 aromatic rings. The van der Waals surface area contributed by atoms with Gasteiger partial charge in [0.05, 0.1) is 19.0 Å². The number of hydrogen-bond acceptors (Lipinski definition) is 14. The van der Waals surface area contributed by atoms with Crippen molar-refractivity contribution in [3.63, 3.8) is 0 Å². The minimum absolute atomic E-state index is 0. The summed E-state index contributed by atoms with van der Waals surface area (Å²) in [5, 5.41) is 0. The average molecular weight is 583 g/mol. The third kappa shape index (κ3) is 14.5. The molecule has 0 saturated carbocycles. The molecule has 0 aliphatic heterocycles. The Bertz CT molecular complexity index is 985. The molecule has 2 rings (SSSR count). The SMILES string of the molecule is C[C@H](Cn1cnc2c(N)ncnc21)OCP(=O)([S-])OP([O-])(=S)OP([O-])([O-])=S.[Na+].[Na+].[Na+].[Na+]. The van der Waals surface area contributed by atoms with E-state index in [4.69, 9.17) is 10.5 Å². The Balaban J connectivity index is -0.00000196. The summed E-state index contributed by atoms with van der Waals surface area (Å²) < 4.78 is 27.5. The molecule has 0 aliphatic carbocycles. The molecule has 2 heterocycles. The van der Waals surface area contributed by atoms with Crippen molar-refractivity contribution in [1.82, 2.24) is 19.5 Å². The summed E-state index contributed by atoms with van der Waals surface area (Å²) in [4.78, 5) is 45.4. The van der Waals surface area contributed by atoms with Crippen molar-refractivity contribution < 1.29 is 151 Å². The molecule has 0 fully saturated rings. The largest absolute Gasteiger partial charge is 1.00 e. The van der Waals surface area contributed by atoms with Gasteiger partial charge in [0, 0.05) is 0 Å². The predicted octanol–water partition coefficient (Wildman–Crippen LogP) is -12.9. The first kappa shape index (κ1) is 39.5. The van der Waals surface area contributed by atoms with Crippen LogP contribution in [0.4, 0.5) is 5.82 Å². The number of nitrogens with two attached hydrogens (primary N) is 1. The monoisotopic (exact) mass is 583 g/mol. The van der Waals surface area contributed by atoms with Crippen LogP contribution in [-0.2, 0) is 60.3 Å². The molecule has 12 nitrogen and oxygen atoms in total. The molecule has 31 heavy (non-hydrogen) atoms. The summed E-state index contributed by atoms with van der Waals surface area (Å²) in [7, 11) is 0. The van der Waals surface area contributed by atoms with E-state index in [0.717, 1.165) is 0 Å². The summed E-state index contributed by atoms with van der Waals surface area (Å²) in [5.41, 5.74) is 6.58. The molecular weight excluding hydrogens is 571 g/mol. The number of anilines is 1. The molecule has 0 saturated heterocycles. The smallest absolute Gasteiger partial charge is 0.812 e. The zero-order chi connectivity index (χ0) is 20.5. The van der Waals surface area contributed by atoms with Gasteiger partial charge in [-0.15, -0.1) is 11.8 Å². The fourth-order valence-electron chi connectivity index (χ4n) is 1.89. The molecular formula is C9H12N5Na4O7P3S3. The standard InChI is InChI=1S/C9H16N5O7P3S3.4Na/c1-6(2-14-4-13-7-8(10)11-3-12-9(7)14)19-5-22(15,25)20-24(18,27)21-23(16,17)26;;;;/h3-4,6H,2,5H2,1H3,(H,15,25)(H,18,27)(H2,10,11,12)(H2,16,17,26);;;;/q;4*+1/p-4/t6-,22?,24?;;;;/m1..../s1. The number of imidazole rings is 1. The maximum Gasteiger partial charge on any atom is 1.00 e. The van der Waals surface area contributed by atoms with Crippen LogP contribution >= 0.6 is 20.0 Å². The van der Waals surface area contributed by atoms with E-state index < -0.39 is 32.5 Å². The Labute approximate surface area is 282 Å². The van der Waals surface area contributed by atoms with Gasteiger partial charge in [-0.1, -0.05) is 18.5 Å². The minimum atomic E-state index is -4.88. The first-order chi connectivity index (χ1) is 12.3. The Morgan fingerprint density at radius 2 is 1.74 bits per heavy atom. The third-order valence-corrected chi connectivity index (χ3v) is 9.40. The number of rotatable bonds is 9. The number of nitrogens with zero attached hydrogens (tertiary/aromatic N) is 4. The zero-order valence-electron chi connectivity index (χ0n) is 17.4. The fourth-order valence-corrected chi connectivity index (χ4v) is 9.39. The van der Waals surface area contributed by atoms with Crippen LogP contribution in [0.25, 0.3) is 11.2 Å². The van der Waals surface area contributed by atoms with Crippen molar-refractivity contribution in [1.29, 1.82) is 0 Å². The summed E-state index contributed by atoms with van der Waals surface area (Å²) in [6.07, 6.45) is 1.52. The molecule has 2 unspecified atom stereocenters. The van der Waals surface area contributed by atoms with E-state index in [1.54, 1.807) is 11.5 Å². The van der Waals surface area contributed by atoms with Crippen LogP contribution in [0.3, 0.4) is 0 Å². The molecule has 0 aliphatic rings. The van der Waals surface area contributed by atoms with E-state index in [9.17, 15) is 19.2 Å². The van der Waals surface area contributed by atoms with Gasteiger partial charge in [0.15, 0.2) is 11.5 Å². The Kier molecular flexibility index (Phi) is 21.3. The first-order valence-electron chi connectivity index (χ1n) is 6.87. The van der Waals surface area contributed by atoms with E-state index in [2.05, 4.69) is 59.4 Å². The summed E-state index contributed by atoms with van der Waals surface area (Å²) >= 11 is 12.9. The minimum Gasteiger partial charge on any atom is -0.812 e. The van der Waals surface area contributed by atoms with Gasteiger partial charge in [-0.25, -0.2) is 15.0 Å². The Morgan fingerprint density at radius 1 is 1.16 bits per heavy atom. The van der Waals surface area contributed by atoms with E-state index in [-0.39, 0.29) is 131 Å². The summed E-state index contributed by atoms with van der Waals surface area (Å²) in [6.45, 7) is -11.8. The second-order valence-electron chi connectivity index (χ2n) is 5.10. The van der Waals surface area contributed by atoms with Gasteiger partial charge in [-0.3, -0.25) is 0 Å². The van der Waals surface area contributed by atoms with Crippen molar-refractivity contribution in [3.8, 4) is 0 Å². The van der Waals surface area contributed by atoms with Gasteiger partial charge in [0.1, 0.15) is 31.5 Å². The number of ether oxygens (including phenoxy) is 1. The van der Waals surface area contributed by atoms with Crippen molar-refractivity contribution in [2.45, 2.75) is 19.6 Å². The number of hydrogen-bond donors (Lipinski definition) is 1. The second-order valence-corrected chi connectivity index (χ2v) is 14.0. The van der Waals surface area contributed by atoms with Crippen LogP contribution in [0, 0.1) is 0 Å². The topological polar surface area (TPSA) is 184 Å². The maximum atomic E-state index is 12.1. The quantitative estimate of drug-likeness (QED) is 0.167. The average Bonchev–Trinajstić information content (AvgIpc) is 2.86. The van der Waals surface area contributed by atoms with Crippen LogP contribution in [0.15, 0.2) is 12.7 Å². The molecule has 0 amide bonds. The Hall–Kier alpha value is 3.99. The molecule has 22 heteroatoms. The molecule has 0 spiro atoms. The van der Waals surface area contributed by atoms with Crippen LogP contribution in [0.1, 0.15) is 6.92 Å². The zero-order valence-corrected chi connectivity index (χ0v) is 30.6. The fraction of sp³-hybridized carbons (Fsp3) is 0.444. The summed E-state index contributed by atoms with van der Waals surface area (Å²) in [6, 6.07) is 0. The van der Waals surface area contributed by atoms with Gasteiger partial charge in [-0.05, 0) is 6.92 Å².